The third kappa shape index (κ3) is 2.27. The highest BCUT2D eigenvalue weighted by Crippen LogP contribution is 2.44. The first-order valence-corrected chi connectivity index (χ1v) is 6.07. The first-order valence-electron chi connectivity index (χ1n) is 6.07. The van der Waals surface area contributed by atoms with E-state index in [1.54, 1.807) is 0 Å². The summed E-state index contributed by atoms with van der Waals surface area (Å²) in [6.45, 7) is 12.1. The van der Waals surface area contributed by atoms with Crippen LogP contribution >= 0.6 is 0 Å². The maximum absolute atomic E-state index is 2.46. The lowest BCUT2D eigenvalue weighted by atomic mass is 9.73. The molecule has 1 aliphatic carbocycles. The topological polar surface area (TPSA) is 0 Å². The SMILES string of the molecule is CCC(C(C)C)C1C(C)CCC1C. The highest BCUT2D eigenvalue weighted by molar-refractivity contribution is 4.85. The maximum atomic E-state index is 2.46. The van der Waals surface area contributed by atoms with Crippen LogP contribution in [0.5, 0.6) is 0 Å². The highest BCUT2D eigenvalue weighted by atomic mass is 14.4. The first-order chi connectivity index (χ1) is 6.07. The highest BCUT2D eigenvalue weighted by Gasteiger charge is 2.36. The second kappa shape index (κ2) is 4.48. The quantitative estimate of drug-likeness (QED) is 0.608. The van der Waals surface area contributed by atoms with Gasteiger partial charge in [0.25, 0.3) is 0 Å². The molecule has 3 unspecified atom stereocenters. The van der Waals surface area contributed by atoms with Gasteiger partial charge in [0.15, 0.2) is 0 Å². The minimum atomic E-state index is 0.873. The van der Waals surface area contributed by atoms with Crippen LogP contribution in [0.25, 0.3) is 0 Å². The van der Waals surface area contributed by atoms with E-state index >= 15 is 0 Å². The Morgan fingerprint density at radius 3 is 1.85 bits per heavy atom. The third-order valence-electron chi connectivity index (χ3n) is 4.21. The number of hydrogen-bond donors (Lipinski definition) is 0. The van der Waals surface area contributed by atoms with Crippen molar-refractivity contribution < 1.29 is 0 Å². The van der Waals surface area contributed by atoms with E-state index in [9.17, 15) is 0 Å². The molecule has 0 N–H and O–H groups in total. The molecule has 13 heavy (non-hydrogen) atoms. The molecule has 0 radical (unpaired) electrons. The van der Waals surface area contributed by atoms with E-state index in [1.807, 2.05) is 0 Å². The Hall–Kier alpha value is 0. The average Bonchev–Trinajstić information content (AvgIpc) is 2.36. The molecule has 78 valence electrons. The minimum absolute atomic E-state index is 0.873. The molecule has 0 aromatic heterocycles. The molecule has 1 aliphatic rings. The van der Waals surface area contributed by atoms with Crippen LogP contribution in [0.2, 0.25) is 0 Å². The van der Waals surface area contributed by atoms with Crippen molar-refractivity contribution >= 4 is 0 Å². The van der Waals surface area contributed by atoms with Gasteiger partial charge in [-0.3, -0.25) is 0 Å². The second-order valence-electron chi connectivity index (χ2n) is 5.43. The summed E-state index contributed by atoms with van der Waals surface area (Å²) in [7, 11) is 0. The Kier molecular flexibility index (Phi) is 3.82. The van der Waals surface area contributed by atoms with Gasteiger partial charge in [-0.1, -0.05) is 53.9 Å². The second-order valence-corrected chi connectivity index (χ2v) is 5.43. The Morgan fingerprint density at radius 1 is 1.08 bits per heavy atom. The van der Waals surface area contributed by atoms with Crippen LogP contribution in [0.4, 0.5) is 0 Å². The lowest BCUT2D eigenvalue weighted by molar-refractivity contribution is 0.168. The van der Waals surface area contributed by atoms with E-state index in [2.05, 4.69) is 34.6 Å². The number of hydrogen-bond acceptors (Lipinski definition) is 0. The lowest BCUT2D eigenvalue weighted by Crippen LogP contribution is -2.25. The van der Waals surface area contributed by atoms with Crippen molar-refractivity contribution in [3.63, 3.8) is 0 Å². The van der Waals surface area contributed by atoms with Crippen LogP contribution in [0, 0.1) is 29.6 Å². The van der Waals surface area contributed by atoms with E-state index < -0.39 is 0 Å². The smallest absolute Gasteiger partial charge is 0.0332 e. The van der Waals surface area contributed by atoms with Gasteiger partial charge < -0.3 is 0 Å². The normalized spacial score (nSPS) is 36.9. The van der Waals surface area contributed by atoms with Gasteiger partial charge in [-0.2, -0.15) is 0 Å². The summed E-state index contributed by atoms with van der Waals surface area (Å²) >= 11 is 0. The molecule has 0 heteroatoms. The molecule has 0 bridgehead atoms. The van der Waals surface area contributed by atoms with Gasteiger partial charge in [-0.05, 0) is 29.6 Å². The van der Waals surface area contributed by atoms with Crippen LogP contribution in [0.3, 0.4) is 0 Å². The molecule has 1 fully saturated rings. The van der Waals surface area contributed by atoms with Crippen LogP contribution in [0.1, 0.15) is 53.9 Å². The van der Waals surface area contributed by atoms with Gasteiger partial charge in [-0.15, -0.1) is 0 Å². The molecule has 0 saturated heterocycles. The van der Waals surface area contributed by atoms with Crippen LogP contribution in [0.15, 0.2) is 0 Å². The Balaban J connectivity index is 2.66. The molecule has 0 aromatic rings. The standard InChI is InChI=1S/C13H26/c1-6-12(9(2)3)13-10(4)7-8-11(13)5/h9-13H,6-8H2,1-5H3. The molecule has 0 nitrogen and oxygen atoms in total. The third-order valence-corrected chi connectivity index (χ3v) is 4.21. The summed E-state index contributed by atoms with van der Waals surface area (Å²) in [6, 6.07) is 0. The van der Waals surface area contributed by atoms with Gasteiger partial charge in [0.2, 0.25) is 0 Å². The van der Waals surface area contributed by atoms with Crippen LogP contribution < -0.4 is 0 Å². The van der Waals surface area contributed by atoms with Crippen molar-refractivity contribution in [2.24, 2.45) is 29.6 Å². The molecule has 0 heterocycles. The van der Waals surface area contributed by atoms with Crippen molar-refractivity contribution in [2.45, 2.75) is 53.9 Å². The maximum Gasteiger partial charge on any atom is -0.0332 e. The first kappa shape index (κ1) is 11.1. The van der Waals surface area contributed by atoms with Gasteiger partial charge in [-0.25, -0.2) is 0 Å². The molecule has 0 aliphatic heterocycles. The van der Waals surface area contributed by atoms with Gasteiger partial charge >= 0.3 is 0 Å². The zero-order valence-electron chi connectivity index (χ0n) is 10.0. The van der Waals surface area contributed by atoms with Crippen molar-refractivity contribution in [3.8, 4) is 0 Å². The van der Waals surface area contributed by atoms with E-state index in [-0.39, 0.29) is 0 Å². The summed E-state index contributed by atoms with van der Waals surface area (Å²) in [5.74, 6) is 4.79. The Labute approximate surface area is 84.1 Å². The zero-order valence-corrected chi connectivity index (χ0v) is 10.0. The Bertz CT molecular complexity index is 138. The molecular weight excluding hydrogens is 156 g/mol. The zero-order chi connectivity index (χ0) is 10.0. The van der Waals surface area contributed by atoms with E-state index in [4.69, 9.17) is 0 Å². The monoisotopic (exact) mass is 182 g/mol. The fraction of sp³-hybridized carbons (Fsp3) is 1.00. The summed E-state index contributed by atoms with van der Waals surface area (Å²) in [5.41, 5.74) is 0. The van der Waals surface area contributed by atoms with Gasteiger partial charge in [0, 0.05) is 0 Å². The van der Waals surface area contributed by atoms with E-state index in [0.29, 0.717) is 0 Å². The van der Waals surface area contributed by atoms with E-state index in [1.165, 1.54) is 19.3 Å². The molecule has 1 rings (SSSR count). The van der Waals surface area contributed by atoms with Crippen molar-refractivity contribution in [2.75, 3.05) is 0 Å². The van der Waals surface area contributed by atoms with Crippen LogP contribution in [-0.4, -0.2) is 0 Å². The van der Waals surface area contributed by atoms with E-state index in [0.717, 1.165) is 29.6 Å². The fourth-order valence-electron chi connectivity index (χ4n) is 3.50. The molecule has 3 atom stereocenters. The summed E-state index contributed by atoms with van der Waals surface area (Å²) in [5, 5.41) is 0. The largest absolute Gasteiger partial charge is 0.0651 e. The van der Waals surface area contributed by atoms with Crippen molar-refractivity contribution in [3.05, 3.63) is 0 Å². The van der Waals surface area contributed by atoms with Crippen molar-refractivity contribution in [1.82, 2.24) is 0 Å². The summed E-state index contributed by atoms with van der Waals surface area (Å²) < 4.78 is 0. The summed E-state index contributed by atoms with van der Waals surface area (Å²) in [4.78, 5) is 0. The minimum Gasteiger partial charge on any atom is -0.0651 e. The molecule has 0 aromatic carbocycles. The predicted molar refractivity (Wildman–Crippen MR) is 59.7 cm³/mol. The summed E-state index contributed by atoms with van der Waals surface area (Å²) in [6.07, 6.45) is 4.31. The van der Waals surface area contributed by atoms with Gasteiger partial charge in [0.1, 0.15) is 0 Å². The van der Waals surface area contributed by atoms with Gasteiger partial charge in [0.05, 0.1) is 0 Å². The number of rotatable bonds is 3. The molecule has 1 saturated carbocycles. The lowest BCUT2D eigenvalue weighted by Gasteiger charge is -2.32. The fourth-order valence-corrected chi connectivity index (χ4v) is 3.50. The van der Waals surface area contributed by atoms with Crippen molar-refractivity contribution in [1.29, 1.82) is 0 Å². The molecule has 0 amide bonds. The predicted octanol–water partition coefficient (Wildman–Crippen LogP) is 4.35. The van der Waals surface area contributed by atoms with Crippen LogP contribution in [-0.2, 0) is 0 Å². The Morgan fingerprint density at radius 2 is 1.54 bits per heavy atom. The average molecular weight is 182 g/mol. The molecular formula is C13H26. The molecule has 0 spiro atoms.